The third-order valence-corrected chi connectivity index (χ3v) is 1.71. The van der Waals surface area contributed by atoms with Gasteiger partial charge in [0, 0.05) is 17.4 Å². The Bertz CT molecular complexity index is 353. The molecule has 1 heterocycles. The van der Waals surface area contributed by atoms with E-state index in [2.05, 4.69) is 10.2 Å². The normalized spacial score (nSPS) is 9.23. The van der Waals surface area contributed by atoms with Gasteiger partial charge in [-0.1, -0.05) is 12.1 Å². The van der Waals surface area contributed by atoms with Crippen LogP contribution in [-0.2, 0) is 0 Å². The number of nitrogens with two attached hydrogens (primary N) is 1. The van der Waals surface area contributed by atoms with E-state index in [-0.39, 0.29) is 12.4 Å². The van der Waals surface area contributed by atoms with Crippen molar-refractivity contribution >= 4 is 18.1 Å². The van der Waals surface area contributed by atoms with Crippen LogP contribution in [0.15, 0.2) is 36.5 Å². The summed E-state index contributed by atoms with van der Waals surface area (Å²) >= 11 is 0. The highest BCUT2D eigenvalue weighted by Crippen LogP contribution is 2.16. The van der Waals surface area contributed by atoms with Gasteiger partial charge in [0.2, 0.25) is 0 Å². The van der Waals surface area contributed by atoms with E-state index in [9.17, 15) is 0 Å². The molecule has 0 radical (unpaired) electrons. The van der Waals surface area contributed by atoms with Gasteiger partial charge in [0.05, 0.1) is 5.69 Å². The van der Waals surface area contributed by atoms with Crippen LogP contribution in [0.25, 0.3) is 11.3 Å². The number of H-pyrrole nitrogens is 1. The second-order valence-corrected chi connectivity index (χ2v) is 2.58. The van der Waals surface area contributed by atoms with Crippen LogP contribution < -0.4 is 5.73 Å². The highest BCUT2D eigenvalue weighted by atomic mass is 35.5. The van der Waals surface area contributed by atoms with Gasteiger partial charge >= 0.3 is 0 Å². The summed E-state index contributed by atoms with van der Waals surface area (Å²) in [5.74, 6) is 0. The summed E-state index contributed by atoms with van der Waals surface area (Å²) in [7, 11) is 0. The second-order valence-electron chi connectivity index (χ2n) is 2.58. The number of anilines is 1. The zero-order valence-electron chi connectivity index (χ0n) is 6.90. The largest absolute Gasteiger partial charge is 0.399 e. The monoisotopic (exact) mass is 195 g/mol. The molecule has 0 saturated heterocycles. The van der Waals surface area contributed by atoms with E-state index in [1.54, 1.807) is 6.20 Å². The molecule has 4 heteroatoms. The molecule has 0 saturated carbocycles. The number of hydrogen-bond acceptors (Lipinski definition) is 2. The summed E-state index contributed by atoms with van der Waals surface area (Å²) in [6, 6.07) is 9.55. The Morgan fingerprint density at radius 3 is 2.31 bits per heavy atom. The number of aromatic amines is 1. The summed E-state index contributed by atoms with van der Waals surface area (Å²) in [5, 5.41) is 6.81. The van der Waals surface area contributed by atoms with Gasteiger partial charge in [-0.25, -0.2) is 0 Å². The van der Waals surface area contributed by atoms with Crippen molar-refractivity contribution in [3.05, 3.63) is 36.5 Å². The molecular weight excluding hydrogens is 186 g/mol. The Hall–Kier alpha value is -1.48. The first kappa shape index (κ1) is 9.61. The minimum Gasteiger partial charge on any atom is -0.399 e. The van der Waals surface area contributed by atoms with Crippen molar-refractivity contribution in [3.63, 3.8) is 0 Å². The molecule has 0 amide bonds. The Labute approximate surface area is 82.4 Å². The molecule has 0 aliphatic rings. The van der Waals surface area contributed by atoms with E-state index < -0.39 is 0 Å². The maximum Gasteiger partial charge on any atom is 0.0920 e. The third kappa shape index (κ3) is 2.00. The molecule has 2 aromatic rings. The van der Waals surface area contributed by atoms with E-state index in [0.29, 0.717) is 0 Å². The van der Waals surface area contributed by atoms with Crippen molar-refractivity contribution in [1.82, 2.24) is 10.2 Å². The average molecular weight is 196 g/mol. The number of nitrogens with zero attached hydrogens (tertiary/aromatic N) is 1. The number of hydrogen-bond donors (Lipinski definition) is 2. The maximum atomic E-state index is 5.55. The SMILES string of the molecule is Cl.Nc1ccc(-c2cc[nH]n2)cc1. The van der Waals surface area contributed by atoms with Crippen LogP contribution in [0, 0.1) is 0 Å². The molecule has 13 heavy (non-hydrogen) atoms. The van der Waals surface area contributed by atoms with Crippen LogP contribution >= 0.6 is 12.4 Å². The molecule has 0 bridgehead atoms. The topological polar surface area (TPSA) is 54.7 Å². The Morgan fingerprint density at radius 1 is 1.08 bits per heavy atom. The van der Waals surface area contributed by atoms with E-state index in [1.807, 2.05) is 30.3 Å². The van der Waals surface area contributed by atoms with Crippen molar-refractivity contribution in [3.8, 4) is 11.3 Å². The molecule has 0 aliphatic carbocycles. The van der Waals surface area contributed by atoms with Gasteiger partial charge in [0.1, 0.15) is 0 Å². The van der Waals surface area contributed by atoms with E-state index in [1.165, 1.54) is 0 Å². The first-order chi connectivity index (χ1) is 5.86. The predicted octanol–water partition coefficient (Wildman–Crippen LogP) is 2.08. The highest BCUT2D eigenvalue weighted by Gasteiger charge is 1.97. The standard InChI is InChI=1S/C9H9N3.ClH/c10-8-3-1-7(2-4-8)9-5-6-11-12-9;/h1-6H,10H2,(H,11,12);1H. The fourth-order valence-corrected chi connectivity index (χ4v) is 1.07. The molecule has 1 aromatic carbocycles. The summed E-state index contributed by atoms with van der Waals surface area (Å²) in [4.78, 5) is 0. The molecule has 2 rings (SSSR count). The smallest absolute Gasteiger partial charge is 0.0920 e. The Kier molecular flexibility index (Phi) is 2.93. The first-order valence-electron chi connectivity index (χ1n) is 3.72. The first-order valence-corrected chi connectivity index (χ1v) is 3.72. The summed E-state index contributed by atoms with van der Waals surface area (Å²) in [6.45, 7) is 0. The van der Waals surface area contributed by atoms with Gasteiger partial charge in [0.25, 0.3) is 0 Å². The van der Waals surface area contributed by atoms with Crippen LogP contribution in [0.5, 0.6) is 0 Å². The predicted molar refractivity (Wildman–Crippen MR) is 55.7 cm³/mol. The lowest BCUT2D eigenvalue weighted by atomic mass is 10.1. The molecular formula is C9H10ClN3. The van der Waals surface area contributed by atoms with Gasteiger partial charge in [-0.2, -0.15) is 5.10 Å². The number of benzene rings is 1. The molecule has 0 aliphatic heterocycles. The van der Waals surface area contributed by atoms with Gasteiger partial charge < -0.3 is 5.73 Å². The van der Waals surface area contributed by atoms with Crippen molar-refractivity contribution < 1.29 is 0 Å². The number of nitrogens with one attached hydrogen (secondary N) is 1. The van der Waals surface area contributed by atoms with Gasteiger partial charge in [-0.3, -0.25) is 5.10 Å². The number of rotatable bonds is 1. The van der Waals surface area contributed by atoms with Crippen molar-refractivity contribution in [2.75, 3.05) is 5.73 Å². The Morgan fingerprint density at radius 2 is 1.77 bits per heavy atom. The summed E-state index contributed by atoms with van der Waals surface area (Å²) in [5.41, 5.74) is 8.34. The zero-order chi connectivity index (χ0) is 8.39. The van der Waals surface area contributed by atoms with E-state index in [0.717, 1.165) is 16.9 Å². The maximum absolute atomic E-state index is 5.55. The molecule has 0 spiro atoms. The molecule has 0 fully saturated rings. The number of nitrogen functional groups attached to an aromatic ring is 1. The van der Waals surface area contributed by atoms with Gasteiger partial charge in [0.15, 0.2) is 0 Å². The van der Waals surface area contributed by atoms with E-state index in [4.69, 9.17) is 5.73 Å². The summed E-state index contributed by atoms with van der Waals surface area (Å²) < 4.78 is 0. The second kappa shape index (κ2) is 3.96. The highest BCUT2D eigenvalue weighted by molar-refractivity contribution is 5.85. The quantitative estimate of drug-likeness (QED) is 0.685. The number of halogens is 1. The van der Waals surface area contributed by atoms with Crippen LogP contribution in [0.1, 0.15) is 0 Å². The molecule has 0 unspecified atom stereocenters. The lowest BCUT2D eigenvalue weighted by molar-refractivity contribution is 1.10. The number of aromatic nitrogens is 2. The fraction of sp³-hybridized carbons (Fsp3) is 0. The van der Waals surface area contributed by atoms with Gasteiger partial charge in [-0.15, -0.1) is 12.4 Å². The third-order valence-electron chi connectivity index (χ3n) is 1.71. The van der Waals surface area contributed by atoms with Crippen molar-refractivity contribution in [2.24, 2.45) is 0 Å². The lowest BCUT2D eigenvalue weighted by Gasteiger charge is -1.95. The van der Waals surface area contributed by atoms with Crippen LogP contribution in [0.4, 0.5) is 5.69 Å². The van der Waals surface area contributed by atoms with Crippen molar-refractivity contribution in [1.29, 1.82) is 0 Å². The van der Waals surface area contributed by atoms with Crippen LogP contribution in [-0.4, -0.2) is 10.2 Å². The molecule has 3 N–H and O–H groups in total. The lowest BCUT2D eigenvalue weighted by Crippen LogP contribution is -1.83. The minimum absolute atomic E-state index is 0. The fourth-order valence-electron chi connectivity index (χ4n) is 1.07. The van der Waals surface area contributed by atoms with Gasteiger partial charge in [-0.05, 0) is 18.2 Å². The van der Waals surface area contributed by atoms with E-state index >= 15 is 0 Å². The van der Waals surface area contributed by atoms with Crippen LogP contribution in [0.3, 0.4) is 0 Å². The molecule has 68 valence electrons. The molecule has 3 nitrogen and oxygen atoms in total. The Balaban J connectivity index is 0.000000845. The van der Waals surface area contributed by atoms with Crippen molar-refractivity contribution in [2.45, 2.75) is 0 Å². The zero-order valence-corrected chi connectivity index (χ0v) is 7.71. The van der Waals surface area contributed by atoms with Crippen LogP contribution in [0.2, 0.25) is 0 Å². The minimum atomic E-state index is 0. The molecule has 1 aromatic heterocycles. The summed E-state index contributed by atoms with van der Waals surface area (Å²) in [6.07, 6.45) is 1.80. The molecule has 0 atom stereocenters. The average Bonchev–Trinajstić information content (AvgIpc) is 2.58.